The number of nitrogens with zero attached hydrogens (tertiary/aromatic N) is 4. The molecule has 0 aliphatic carbocycles. The molecule has 7 heavy (non-hydrogen) atoms. The number of tetrazole rings is 1. The van der Waals surface area contributed by atoms with Crippen molar-refractivity contribution in [3.05, 3.63) is 12.7 Å². The Morgan fingerprint density at radius 3 is 2.57 bits per heavy atom. The molecular formula is C3H5N4. The fraction of sp³-hybridized carbons (Fsp3) is 0.333. The minimum Gasteiger partial charge on any atom is -0.233 e. The van der Waals surface area contributed by atoms with Gasteiger partial charge in [0.25, 0.3) is 0 Å². The van der Waals surface area contributed by atoms with E-state index in [2.05, 4.69) is 22.4 Å². The molecule has 4 heteroatoms. The molecule has 0 fully saturated rings. The van der Waals surface area contributed by atoms with Crippen LogP contribution >= 0.6 is 0 Å². The van der Waals surface area contributed by atoms with Crippen molar-refractivity contribution in [1.29, 1.82) is 0 Å². The summed E-state index contributed by atoms with van der Waals surface area (Å²) in [5, 5.41) is 10.3. The molecular weight excluding hydrogens is 92.1 g/mol. The zero-order valence-corrected chi connectivity index (χ0v) is 4.00. The quantitative estimate of drug-likeness (QED) is 0.434. The first-order chi connectivity index (χ1) is 3.30. The first-order valence-electron chi connectivity index (χ1n) is 1.85. The predicted molar refractivity (Wildman–Crippen MR) is 23.3 cm³/mol. The zero-order chi connectivity index (χ0) is 5.28. The van der Waals surface area contributed by atoms with E-state index in [4.69, 9.17) is 0 Å². The van der Waals surface area contributed by atoms with E-state index >= 15 is 0 Å². The Bertz CT molecular complexity index is 139. The van der Waals surface area contributed by atoms with Crippen molar-refractivity contribution < 1.29 is 0 Å². The van der Waals surface area contributed by atoms with Gasteiger partial charge in [0.15, 0.2) is 5.82 Å². The molecule has 0 aliphatic heterocycles. The van der Waals surface area contributed by atoms with Crippen molar-refractivity contribution in [2.75, 3.05) is 0 Å². The van der Waals surface area contributed by atoms with E-state index in [1.165, 1.54) is 4.68 Å². The lowest BCUT2D eigenvalue weighted by Gasteiger charge is -1.81. The molecule has 0 unspecified atom stereocenters. The lowest BCUT2D eigenvalue weighted by Crippen LogP contribution is -1.92. The smallest absolute Gasteiger partial charge is 0.151 e. The van der Waals surface area contributed by atoms with Gasteiger partial charge in [-0.15, -0.1) is 5.10 Å². The van der Waals surface area contributed by atoms with E-state index in [0.717, 1.165) is 0 Å². The minimum atomic E-state index is 0.583. The molecule has 0 N–H and O–H groups in total. The SMILES string of the molecule is [CH2]c1nnnn1C. The van der Waals surface area contributed by atoms with Crippen molar-refractivity contribution in [1.82, 2.24) is 20.2 Å². The van der Waals surface area contributed by atoms with Crippen LogP contribution in [0.2, 0.25) is 0 Å². The number of hydrogen-bond donors (Lipinski definition) is 0. The molecule has 1 aromatic heterocycles. The van der Waals surface area contributed by atoms with Crippen LogP contribution < -0.4 is 0 Å². The average Bonchev–Trinajstić information content (AvgIpc) is 1.91. The van der Waals surface area contributed by atoms with Gasteiger partial charge in [0.1, 0.15) is 0 Å². The van der Waals surface area contributed by atoms with Gasteiger partial charge in [0.2, 0.25) is 0 Å². The largest absolute Gasteiger partial charge is 0.233 e. The topological polar surface area (TPSA) is 43.6 Å². The van der Waals surface area contributed by atoms with Gasteiger partial charge < -0.3 is 0 Å². The van der Waals surface area contributed by atoms with E-state index in [0.29, 0.717) is 5.82 Å². The molecule has 4 nitrogen and oxygen atoms in total. The highest BCUT2D eigenvalue weighted by molar-refractivity contribution is 4.81. The monoisotopic (exact) mass is 97.1 g/mol. The summed E-state index contributed by atoms with van der Waals surface area (Å²) in [4.78, 5) is 0. The van der Waals surface area contributed by atoms with E-state index in [9.17, 15) is 0 Å². The van der Waals surface area contributed by atoms with Gasteiger partial charge in [0.05, 0.1) is 0 Å². The van der Waals surface area contributed by atoms with Crippen LogP contribution in [0.4, 0.5) is 0 Å². The van der Waals surface area contributed by atoms with Crippen LogP contribution in [-0.2, 0) is 7.05 Å². The molecule has 1 radical (unpaired) electrons. The third-order valence-corrected chi connectivity index (χ3v) is 0.708. The highest BCUT2D eigenvalue weighted by Gasteiger charge is 1.87. The second-order valence-corrected chi connectivity index (χ2v) is 1.22. The van der Waals surface area contributed by atoms with Crippen molar-refractivity contribution in [2.24, 2.45) is 7.05 Å². The molecule has 1 heterocycles. The van der Waals surface area contributed by atoms with Crippen LogP contribution in [0, 0.1) is 6.92 Å². The number of aromatic nitrogens is 4. The third kappa shape index (κ3) is 0.581. The lowest BCUT2D eigenvalue weighted by molar-refractivity contribution is 0.703. The molecule has 1 rings (SSSR count). The maximum atomic E-state index is 3.51. The highest BCUT2D eigenvalue weighted by Crippen LogP contribution is 1.78. The first-order valence-corrected chi connectivity index (χ1v) is 1.85. The molecule has 0 atom stereocenters. The second-order valence-electron chi connectivity index (χ2n) is 1.22. The number of aryl methyl sites for hydroxylation is 1. The summed E-state index contributed by atoms with van der Waals surface area (Å²) in [6, 6.07) is 0. The molecule has 0 amide bonds. The normalized spacial score (nSPS) is 9.43. The van der Waals surface area contributed by atoms with Crippen molar-refractivity contribution in [3.8, 4) is 0 Å². The molecule has 0 aromatic carbocycles. The molecule has 0 saturated heterocycles. The molecule has 1 aromatic rings. The van der Waals surface area contributed by atoms with E-state index in [1.54, 1.807) is 7.05 Å². The standard InChI is InChI=1S/C3H5N4/c1-3-4-5-6-7(3)2/h1H2,2H3. The summed E-state index contributed by atoms with van der Waals surface area (Å²) in [7, 11) is 1.74. The van der Waals surface area contributed by atoms with E-state index in [1.807, 2.05) is 0 Å². The molecule has 0 aliphatic rings. The fourth-order valence-corrected chi connectivity index (χ4v) is 0.248. The van der Waals surface area contributed by atoms with E-state index < -0.39 is 0 Å². The predicted octanol–water partition coefficient (Wildman–Crippen LogP) is -0.608. The summed E-state index contributed by atoms with van der Waals surface area (Å²) in [6.07, 6.45) is 0. The fourth-order valence-electron chi connectivity index (χ4n) is 0.248. The Morgan fingerprint density at radius 1 is 1.71 bits per heavy atom. The minimum absolute atomic E-state index is 0.583. The van der Waals surface area contributed by atoms with Gasteiger partial charge >= 0.3 is 0 Å². The third-order valence-electron chi connectivity index (χ3n) is 0.708. The second kappa shape index (κ2) is 1.29. The zero-order valence-electron chi connectivity index (χ0n) is 4.00. The Balaban J connectivity index is 3.12. The summed E-state index contributed by atoms with van der Waals surface area (Å²) >= 11 is 0. The van der Waals surface area contributed by atoms with Gasteiger partial charge in [0, 0.05) is 14.0 Å². The summed E-state index contributed by atoms with van der Waals surface area (Å²) < 4.78 is 1.50. The average molecular weight is 97.1 g/mol. The first kappa shape index (κ1) is 4.23. The van der Waals surface area contributed by atoms with Crippen LogP contribution in [0.5, 0.6) is 0 Å². The Labute approximate surface area is 41.1 Å². The summed E-state index contributed by atoms with van der Waals surface area (Å²) in [5.74, 6) is 0.583. The molecule has 0 spiro atoms. The summed E-state index contributed by atoms with van der Waals surface area (Å²) in [6.45, 7) is 3.51. The molecule has 0 bridgehead atoms. The van der Waals surface area contributed by atoms with Crippen LogP contribution in [0.1, 0.15) is 5.82 Å². The Hall–Kier alpha value is -0.930. The van der Waals surface area contributed by atoms with Gasteiger partial charge in [-0.1, -0.05) is 0 Å². The van der Waals surface area contributed by atoms with E-state index in [-0.39, 0.29) is 0 Å². The maximum Gasteiger partial charge on any atom is 0.151 e. The Morgan fingerprint density at radius 2 is 2.43 bits per heavy atom. The number of rotatable bonds is 0. The van der Waals surface area contributed by atoms with Gasteiger partial charge in [-0.05, 0) is 10.4 Å². The van der Waals surface area contributed by atoms with Crippen LogP contribution in [-0.4, -0.2) is 20.2 Å². The van der Waals surface area contributed by atoms with Crippen LogP contribution in [0.15, 0.2) is 0 Å². The Kier molecular flexibility index (Phi) is 0.780. The van der Waals surface area contributed by atoms with Gasteiger partial charge in [-0.25, -0.2) is 4.68 Å². The van der Waals surface area contributed by atoms with Crippen LogP contribution in [0.3, 0.4) is 0 Å². The van der Waals surface area contributed by atoms with Crippen LogP contribution in [0.25, 0.3) is 0 Å². The maximum absolute atomic E-state index is 3.51. The highest BCUT2D eigenvalue weighted by atomic mass is 15.5. The molecule has 0 saturated carbocycles. The van der Waals surface area contributed by atoms with Gasteiger partial charge in [-0.2, -0.15) is 0 Å². The van der Waals surface area contributed by atoms with Gasteiger partial charge in [-0.3, -0.25) is 0 Å². The van der Waals surface area contributed by atoms with Crippen molar-refractivity contribution in [2.45, 2.75) is 0 Å². The molecule has 37 valence electrons. The summed E-state index contributed by atoms with van der Waals surface area (Å²) in [5.41, 5.74) is 0. The van der Waals surface area contributed by atoms with Crippen molar-refractivity contribution in [3.63, 3.8) is 0 Å². The lowest BCUT2D eigenvalue weighted by atomic mass is 10.7. The number of hydrogen-bond acceptors (Lipinski definition) is 3. The van der Waals surface area contributed by atoms with Crippen molar-refractivity contribution >= 4 is 0 Å².